The van der Waals surface area contributed by atoms with E-state index in [2.05, 4.69) is 41.2 Å². The fourth-order valence-electron chi connectivity index (χ4n) is 2.30. The maximum Gasteiger partial charge on any atom is 0.0594 e. The predicted molar refractivity (Wildman–Crippen MR) is 71.5 cm³/mol. The third kappa shape index (κ3) is 3.31. The van der Waals surface area contributed by atoms with Gasteiger partial charge in [-0.25, -0.2) is 0 Å². The highest BCUT2D eigenvalue weighted by Crippen LogP contribution is 2.17. The fraction of sp³-hybridized carbons (Fsp3) is 0.769. The van der Waals surface area contributed by atoms with Crippen molar-refractivity contribution >= 4 is 0 Å². The van der Waals surface area contributed by atoms with Crippen molar-refractivity contribution in [3.63, 3.8) is 0 Å². The Morgan fingerprint density at radius 3 is 2.83 bits per heavy atom. The lowest BCUT2D eigenvalue weighted by Crippen LogP contribution is -2.54. The van der Waals surface area contributed by atoms with Gasteiger partial charge in [0.2, 0.25) is 0 Å². The van der Waals surface area contributed by atoms with E-state index in [0.717, 1.165) is 38.5 Å². The van der Waals surface area contributed by atoms with Crippen LogP contribution in [0.2, 0.25) is 0 Å². The Bertz CT molecular complexity index is 344. The lowest BCUT2D eigenvalue weighted by molar-refractivity contribution is -0.0102. The first kappa shape index (κ1) is 13.5. The number of H-pyrrole nitrogens is 1. The molecule has 1 aromatic heterocycles. The van der Waals surface area contributed by atoms with E-state index in [4.69, 9.17) is 4.74 Å². The fourth-order valence-corrected chi connectivity index (χ4v) is 2.30. The molecule has 2 N–H and O–H groups in total. The minimum absolute atomic E-state index is 0.151. The SMILES string of the molecule is CC(NCC(C)(C)N1CCOCC1)c1ccn[nH]1. The largest absolute Gasteiger partial charge is 0.379 e. The van der Waals surface area contributed by atoms with Gasteiger partial charge in [0.05, 0.1) is 18.9 Å². The van der Waals surface area contributed by atoms with Crippen LogP contribution < -0.4 is 5.32 Å². The zero-order valence-electron chi connectivity index (χ0n) is 11.6. The summed E-state index contributed by atoms with van der Waals surface area (Å²) in [6.45, 7) is 11.4. The smallest absolute Gasteiger partial charge is 0.0594 e. The molecule has 1 aliphatic rings. The van der Waals surface area contributed by atoms with Gasteiger partial charge in [0.25, 0.3) is 0 Å². The number of hydrogen-bond donors (Lipinski definition) is 2. The molecule has 1 saturated heterocycles. The molecule has 0 spiro atoms. The first-order chi connectivity index (χ1) is 8.59. The molecule has 1 fully saturated rings. The van der Waals surface area contributed by atoms with Crippen molar-refractivity contribution < 1.29 is 4.74 Å². The van der Waals surface area contributed by atoms with Crippen LogP contribution in [0.5, 0.6) is 0 Å². The molecule has 0 radical (unpaired) electrons. The van der Waals surface area contributed by atoms with Crippen LogP contribution in [-0.4, -0.2) is 53.5 Å². The minimum atomic E-state index is 0.151. The van der Waals surface area contributed by atoms with Gasteiger partial charge >= 0.3 is 0 Å². The second-order valence-electron chi connectivity index (χ2n) is 5.53. The number of nitrogens with one attached hydrogen (secondary N) is 2. The van der Waals surface area contributed by atoms with Gasteiger partial charge < -0.3 is 10.1 Å². The lowest BCUT2D eigenvalue weighted by atomic mass is 10.0. The van der Waals surface area contributed by atoms with E-state index in [1.807, 2.05) is 6.07 Å². The van der Waals surface area contributed by atoms with Gasteiger partial charge in [-0.05, 0) is 26.8 Å². The normalized spacial score (nSPS) is 19.9. The molecule has 0 aromatic carbocycles. The Hall–Kier alpha value is -0.910. The van der Waals surface area contributed by atoms with Crippen molar-refractivity contribution in [3.8, 4) is 0 Å². The number of aromatic nitrogens is 2. The lowest BCUT2D eigenvalue weighted by Gasteiger charge is -2.41. The van der Waals surface area contributed by atoms with Gasteiger partial charge in [-0.1, -0.05) is 0 Å². The molecule has 1 unspecified atom stereocenters. The van der Waals surface area contributed by atoms with Crippen LogP contribution in [0.15, 0.2) is 12.3 Å². The molecule has 1 aliphatic heterocycles. The van der Waals surface area contributed by atoms with Crippen molar-refractivity contribution in [2.24, 2.45) is 0 Å². The Morgan fingerprint density at radius 2 is 2.22 bits per heavy atom. The second-order valence-corrected chi connectivity index (χ2v) is 5.53. The zero-order valence-corrected chi connectivity index (χ0v) is 11.6. The number of hydrogen-bond acceptors (Lipinski definition) is 4. The van der Waals surface area contributed by atoms with Gasteiger partial charge in [-0.3, -0.25) is 10.00 Å². The number of nitrogens with zero attached hydrogens (tertiary/aromatic N) is 2. The molecule has 2 heterocycles. The summed E-state index contributed by atoms with van der Waals surface area (Å²) in [6, 6.07) is 2.31. The number of ether oxygens (including phenoxy) is 1. The molecule has 102 valence electrons. The molecule has 0 saturated carbocycles. The Kier molecular flexibility index (Phi) is 4.37. The average Bonchev–Trinajstić information content (AvgIpc) is 2.91. The van der Waals surface area contributed by atoms with E-state index in [-0.39, 0.29) is 5.54 Å². The maximum absolute atomic E-state index is 5.40. The van der Waals surface area contributed by atoms with Crippen LogP contribution in [0.1, 0.15) is 32.5 Å². The highest BCUT2D eigenvalue weighted by molar-refractivity contribution is 5.03. The monoisotopic (exact) mass is 252 g/mol. The van der Waals surface area contributed by atoms with Crippen LogP contribution in [0.4, 0.5) is 0 Å². The van der Waals surface area contributed by atoms with Crippen LogP contribution >= 0.6 is 0 Å². The third-order valence-corrected chi connectivity index (χ3v) is 3.70. The van der Waals surface area contributed by atoms with E-state index >= 15 is 0 Å². The molecular formula is C13H24N4O. The van der Waals surface area contributed by atoms with E-state index < -0.39 is 0 Å². The highest BCUT2D eigenvalue weighted by Gasteiger charge is 2.28. The summed E-state index contributed by atoms with van der Waals surface area (Å²) in [4.78, 5) is 2.49. The van der Waals surface area contributed by atoms with Gasteiger partial charge in [-0.2, -0.15) is 5.10 Å². The summed E-state index contributed by atoms with van der Waals surface area (Å²) in [5.41, 5.74) is 1.28. The van der Waals surface area contributed by atoms with E-state index in [0.29, 0.717) is 6.04 Å². The van der Waals surface area contributed by atoms with E-state index in [1.54, 1.807) is 6.20 Å². The van der Waals surface area contributed by atoms with E-state index in [1.165, 1.54) is 0 Å². The number of aromatic amines is 1. The molecule has 0 bridgehead atoms. The maximum atomic E-state index is 5.40. The standard InChI is InChI=1S/C13H24N4O/c1-11(12-4-5-15-16-12)14-10-13(2,3)17-6-8-18-9-7-17/h4-5,11,14H,6-10H2,1-3H3,(H,15,16). The number of rotatable bonds is 5. The first-order valence-corrected chi connectivity index (χ1v) is 6.65. The van der Waals surface area contributed by atoms with Gasteiger partial charge in [0.1, 0.15) is 0 Å². The third-order valence-electron chi connectivity index (χ3n) is 3.70. The topological polar surface area (TPSA) is 53.2 Å². The second kappa shape index (κ2) is 5.82. The van der Waals surface area contributed by atoms with Crippen molar-refractivity contribution in [3.05, 3.63) is 18.0 Å². The molecule has 0 aliphatic carbocycles. The van der Waals surface area contributed by atoms with Crippen molar-refractivity contribution in [1.29, 1.82) is 0 Å². The summed E-state index contributed by atoms with van der Waals surface area (Å²) in [5, 5.41) is 10.6. The molecule has 5 heteroatoms. The molecule has 2 rings (SSSR count). The van der Waals surface area contributed by atoms with Crippen LogP contribution in [0.25, 0.3) is 0 Å². The first-order valence-electron chi connectivity index (χ1n) is 6.65. The molecule has 1 aromatic rings. The summed E-state index contributed by atoms with van der Waals surface area (Å²) >= 11 is 0. The van der Waals surface area contributed by atoms with Crippen molar-refractivity contribution in [2.45, 2.75) is 32.4 Å². The Labute approximate surface area is 109 Å². The molecule has 5 nitrogen and oxygen atoms in total. The molecule has 18 heavy (non-hydrogen) atoms. The Morgan fingerprint density at radius 1 is 1.50 bits per heavy atom. The van der Waals surface area contributed by atoms with Crippen LogP contribution in [0, 0.1) is 0 Å². The van der Waals surface area contributed by atoms with Crippen LogP contribution in [0.3, 0.4) is 0 Å². The molecular weight excluding hydrogens is 228 g/mol. The molecule has 0 amide bonds. The zero-order chi connectivity index (χ0) is 13.0. The summed E-state index contributed by atoms with van der Waals surface area (Å²) in [7, 11) is 0. The minimum Gasteiger partial charge on any atom is -0.379 e. The van der Waals surface area contributed by atoms with Crippen LogP contribution in [-0.2, 0) is 4.74 Å². The van der Waals surface area contributed by atoms with Gasteiger partial charge in [-0.15, -0.1) is 0 Å². The Balaban J connectivity index is 1.84. The summed E-state index contributed by atoms with van der Waals surface area (Å²) in [6.07, 6.45) is 1.79. The molecule has 1 atom stereocenters. The van der Waals surface area contributed by atoms with Crippen molar-refractivity contribution in [1.82, 2.24) is 20.4 Å². The quantitative estimate of drug-likeness (QED) is 0.826. The highest BCUT2D eigenvalue weighted by atomic mass is 16.5. The average molecular weight is 252 g/mol. The van der Waals surface area contributed by atoms with Gasteiger partial charge in [0.15, 0.2) is 0 Å². The summed E-state index contributed by atoms with van der Waals surface area (Å²) < 4.78 is 5.40. The van der Waals surface area contributed by atoms with Crippen molar-refractivity contribution in [2.75, 3.05) is 32.8 Å². The predicted octanol–water partition coefficient (Wildman–Crippen LogP) is 1.17. The summed E-state index contributed by atoms with van der Waals surface area (Å²) in [5.74, 6) is 0. The van der Waals surface area contributed by atoms with E-state index in [9.17, 15) is 0 Å². The number of morpholine rings is 1. The van der Waals surface area contributed by atoms with Gasteiger partial charge in [0, 0.05) is 37.4 Å².